The summed E-state index contributed by atoms with van der Waals surface area (Å²) < 4.78 is 28.1. The molecule has 0 aromatic heterocycles. The second-order valence-electron chi connectivity index (χ2n) is 5.10. The van der Waals surface area contributed by atoms with E-state index in [0.717, 1.165) is 24.1 Å². The maximum atomic E-state index is 13.8. The predicted molar refractivity (Wildman–Crippen MR) is 85.4 cm³/mol. The third-order valence-corrected chi connectivity index (χ3v) is 3.80. The molecule has 0 aliphatic carbocycles. The highest BCUT2D eigenvalue weighted by atomic mass is 79.9. The first-order valence-electron chi connectivity index (χ1n) is 6.96. The van der Waals surface area contributed by atoms with Crippen LogP contribution in [0.4, 0.5) is 8.78 Å². The first-order chi connectivity index (χ1) is 10.0. The Morgan fingerprint density at radius 1 is 1.10 bits per heavy atom. The molecule has 21 heavy (non-hydrogen) atoms. The average molecular weight is 354 g/mol. The summed E-state index contributed by atoms with van der Waals surface area (Å²) in [7, 11) is 0. The van der Waals surface area contributed by atoms with Crippen LogP contribution in [0.25, 0.3) is 0 Å². The van der Waals surface area contributed by atoms with Crippen molar-refractivity contribution in [3.63, 3.8) is 0 Å². The van der Waals surface area contributed by atoms with Gasteiger partial charge in [0.25, 0.3) is 0 Å². The number of halogens is 3. The second-order valence-corrected chi connectivity index (χ2v) is 6.01. The Hall–Kier alpha value is -1.26. The van der Waals surface area contributed by atoms with Gasteiger partial charge < -0.3 is 5.32 Å². The van der Waals surface area contributed by atoms with Crippen molar-refractivity contribution in [3.05, 3.63) is 69.2 Å². The lowest BCUT2D eigenvalue weighted by atomic mass is 9.97. The van der Waals surface area contributed by atoms with Crippen LogP contribution in [0.15, 0.2) is 40.9 Å². The van der Waals surface area contributed by atoms with Crippen molar-refractivity contribution in [1.29, 1.82) is 0 Å². The van der Waals surface area contributed by atoms with Crippen LogP contribution in [-0.4, -0.2) is 6.54 Å². The van der Waals surface area contributed by atoms with Gasteiger partial charge in [0.2, 0.25) is 0 Å². The standard InChI is InChI=1S/C17H18BrF2N/c1-3-6-21-17(12-5-4-11(2)16(20)9-12)13-7-14(18)10-15(19)8-13/h4-5,7-10,17,21H,3,6H2,1-2H3. The van der Waals surface area contributed by atoms with Crippen molar-refractivity contribution in [2.75, 3.05) is 6.54 Å². The Balaban J connectivity index is 2.43. The highest BCUT2D eigenvalue weighted by Gasteiger charge is 2.16. The molecule has 0 aliphatic rings. The van der Waals surface area contributed by atoms with Gasteiger partial charge in [-0.05, 0) is 60.8 Å². The smallest absolute Gasteiger partial charge is 0.126 e. The first-order valence-corrected chi connectivity index (χ1v) is 7.76. The monoisotopic (exact) mass is 353 g/mol. The Labute approximate surface area is 132 Å². The van der Waals surface area contributed by atoms with Crippen LogP contribution in [0.3, 0.4) is 0 Å². The summed E-state index contributed by atoms with van der Waals surface area (Å²) in [6, 6.07) is 9.67. The van der Waals surface area contributed by atoms with E-state index in [0.29, 0.717) is 10.0 Å². The van der Waals surface area contributed by atoms with Crippen LogP contribution in [0, 0.1) is 18.6 Å². The van der Waals surface area contributed by atoms with Crippen molar-refractivity contribution in [2.24, 2.45) is 0 Å². The molecule has 0 heterocycles. The maximum absolute atomic E-state index is 13.8. The van der Waals surface area contributed by atoms with E-state index in [4.69, 9.17) is 0 Å². The van der Waals surface area contributed by atoms with E-state index in [9.17, 15) is 8.78 Å². The summed E-state index contributed by atoms with van der Waals surface area (Å²) >= 11 is 3.31. The van der Waals surface area contributed by atoms with E-state index < -0.39 is 0 Å². The van der Waals surface area contributed by atoms with Crippen molar-refractivity contribution >= 4 is 15.9 Å². The zero-order valence-electron chi connectivity index (χ0n) is 12.1. The van der Waals surface area contributed by atoms with Crippen LogP contribution in [0.1, 0.15) is 36.1 Å². The molecule has 0 fully saturated rings. The lowest BCUT2D eigenvalue weighted by Crippen LogP contribution is -2.23. The van der Waals surface area contributed by atoms with Crippen molar-refractivity contribution in [2.45, 2.75) is 26.3 Å². The van der Waals surface area contributed by atoms with Crippen LogP contribution < -0.4 is 5.32 Å². The van der Waals surface area contributed by atoms with Gasteiger partial charge in [0.15, 0.2) is 0 Å². The molecule has 1 atom stereocenters. The normalized spacial score (nSPS) is 12.4. The third-order valence-electron chi connectivity index (χ3n) is 3.35. The molecule has 1 nitrogen and oxygen atoms in total. The topological polar surface area (TPSA) is 12.0 Å². The summed E-state index contributed by atoms with van der Waals surface area (Å²) in [6.45, 7) is 4.56. The van der Waals surface area contributed by atoms with Gasteiger partial charge in [0, 0.05) is 4.47 Å². The Morgan fingerprint density at radius 3 is 2.48 bits per heavy atom. The number of benzene rings is 2. The van der Waals surface area contributed by atoms with E-state index in [1.54, 1.807) is 13.0 Å². The van der Waals surface area contributed by atoms with Gasteiger partial charge in [0.05, 0.1) is 6.04 Å². The second kappa shape index (κ2) is 7.14. The average Bonchev–Trinajstić information content (AvgIpc) is 2.42. The predicted octanol–water partition coefficient (Wildman–Crippen LogP) is 5.12. The number of nitrogens with one attached hydrogen (secondary N) is 1. The Morgan fingerprint density at radius 2 is 1.86 bits per heavy atom. The molecule has 0 aliphatic heterocycles. The van der Waals surface area contributed by atoms with Crippen LogP contribution in [0.5, 0.6) is 0 Å². The molecule has 2 aromatic carbocycles. The molecule has 2 rings (SSSR count). The number of hydrogen-bond donors (Lipinski definition) is 1. The molecule has 0 saturated heterocycles. The molecule has 1 N–H and O–H groups in total. The molecule has 0 saturated carbocycles. The third kappa shape index (κ3) is 4.11. The Bertz CT molecular complexity index is 608. The van der Waals surface area contributed by atoms with Crippen LogP contribution >= 0.6 is 15.9 Å². The summed E-state index contributed by atoms with van der Waals surface area (Å²) in [6.07, 6.45) is 0.946. The van der Waals surface area contributed by atoms with Crippen LogP contribution in [-0.2, 0) is 0 Å². The van der Waals surface area contributed by atoms with E-state index in [-0.39, 0.29) is 17.7 Å². The first kappa shape index (κ1) is 16.1. The lowest BCUT2D eigenvalue weighted by molar-refractivity contribution is 0.574. The molecule has 0 bridgehead atoms. The highest BCUT2D eigenvalue weighted by Crippen LogP contribution is 2.27. The molecule has 2 aromatic rings. The summed E-state index contributed by atoms with van der Waals surface area (Å²) in [5.74, 6) is -0.554. The maximum Gasteiger partial charge on any atom is 0.126 e. The van der Waals surface area contributed by atoms with Gasteiger partial charge in [-0.1, -0.05) is 35.0 Å². The van der Waals surface area contributed by atoms with Crippen molar-refractivity contribution in [3.8, 4) is 0 Å². The zero-order chi connectivity index (χ0) is 15.4. The lowest BCUT2D eigenvalue weighted by Gasteiger charge is -2.20. The molecular formula is C17H18BrF2N. The van der Waals surface area contributed by atoms with Crippen molar-refractivity contribution < 1.29 is 8.78 Å². The number of aryl methyl sites for hydroxylation is 1. The molecule has 4 heteroatoms. The van der Waals surface area contributed by atoms with Gasteiger partial charge in [0.1, 0.15) is 11.6 Å². The largest absolute Gasteiger partial charge is 0.306 e. The molecule has 0 spiro atoms. The number of hydrogen-bond acceptors (Lipinski definition) is 1. The molecule has 0 amide bonds. The van der Waals surface area contributed by atoms with E-state index >= 15 is 0 Å². The molecule has 1 unspecified atom stereocenters. The van der Waals surface area contributed by atoms with Crippen LogP contribution in [0.2, 0.25) is 0 Å². The van der Waals surface area contributed by atoms with E-state index in [1.165, 1.54) is 18.2 Å². The van der Waals surface area contributed by atoms with Crippen molar-refractivity contribution in [1.82, 2.24) is 5.32 Å². The zero-order valence-corrected chi connectivity index (χ0v) is 13.7. The summed E-state index contributed by atoms with van der Waals surface area (Å²) in [4.78, 5) is 0. The van der Waals surface area contributed by atoms with Gasteiger partial charge >= 0.3 is 0 Å². The molecule has 0 radical (unpaired) electrons. The highest BCUT2D eigenvalue weighted by molar-refractivity contribution is 9.10. The minimum Gasteiger partial charge on any atom is -0.306 e. The number of rotatable bonds is 5. The van der Waals surface area contributed by atoms with Gasteiger partial charge in [-0.3, -0.25) is 0 Å². The Kier molecular flexibility index (Phi) is 5.48. The molecule has 112 valence electrons. The van der Waals surface area contributed by atoms with Gasteiger partial charge in [-0.2, -0.15) is 0 Å². The fourth-order valence-electron chi connectivity index (χ4n) is 2.25. The summed E-state index contributed by atoms with van der Waals surface area (Å²) in [5.41, 5.74) is 2.18. The quantitative estimate of drug-likeness (QED) is 0.785. The van der Waals surface area contributed by atoms with Gasteiger partial charge in [-0.15, -0.1) is 0 Å². The van der Waals surface area contributed by atoms with Gasteiger partial charge in [-0.25, -0.2) is 8.78 Å². The molecular weight excluding hydrogens is 336 g/mol. The van der Waals surface area contributed by atoms with E-state index in [1.807, 2.05) is 12.1 Å². The fraction of sp³-hybridized carbons (Fsp3) is 0.294. The fourth-order valence-corrected chi connectivity index (χ4v) is 2.73. The minimum atomic E-state index is -0.310. The minimum absolute atomic E-state index is 0.230. The SMILES string of the molecule is CCCNC(c1cc(F)cc(Br)c1)c1ccc(C)c(F)c1. The summed E-state index contributed by atoms with van der Waals surface area (Å²) in [5, 5.41) is 3.35. The van der Waals surface area contributed by atoms with E-state index in [2.05, 4.69) is 28.2 Å².